The number of carbonyl (C=O) groups is 1. The van der Waals surface area contributed by atoms with Gasteiger partial charge in [0.05, 0.1) is 11.8 Å². The highest BCUT2D eigenvalue weighted by Crippen LogP contribution is 2.25. The second-order valence-electron chi connectivity index (χ2n) is 5.45. The first-order valence-corrected chi connectivity index (χ1v) is 6.89. The van der Waals surface area contributed by atoms with Gasteiger partial charge >= 0.3 is 0 Å². The van der Waals surface area contributed by atoms with Crippen LogP contribution in [-0.2, 0) is 5.41 Å². The molecule has 1 rings (SSSR count). The number of nitrogens with one attached hydrogen (secondary N) is 1. The van der Waals surface area contributed by atoms with Gasteiger partial charge in [-0.15, -0.1) is 5.10 Å². The van der Waals surface area contributed by atoms with Crippen LogP contribution in [0.25, 0.3) is 0 Å². The van der Waals surface area contributed by atoms with E-state index < -0.39 is 0 Å². The molecule has 0 bridgehead atoms. The number of rotatable bonds is 5. The second kappa shape index (κ2) is 6.24. The van der Waals surface area contributed by atoms with Crippen LogP contribution < -0.4 is 5.32 Å². The molecule has 0 saturated carbocycles. The third-order valence-corrected chi connectivity index (χ3v) is 3.21. The standard InChI is InChI=1S/C12H21N3O2S/c1-8(16)6-5-7-13-11(17)9-10(12(2,3)4)14-15-18-9/h8,16H,5-7H2,1-4H3,(H,13,17). The van der Waals surface area contributed by atoms with Crippen molar-refractivity contribution >= 4 is 17.4 Å². The van der Waals surface area contributed by atoms with E-state index in [0.717, 1.165) is 23.6 Å². The molecular weight excluding hydrogens is 250 g/mol. The van der Waals surface area contributed by atoms with Gasteiger partial charge in [-0.1, -0.05) is 25.3 Å². The molecule has 1 aromatic heterocycles. The Morgan fingerprint density at radius 2 is 2.17 bits per heavy atom. The van der Waals surface area contributed by atoms with Crippen molar-refractivity contribution in [2.24, 2.45) is 0 Å². The maximum absolute atomic E-state index is 12.0. The summed E-state index contributed by atoms with van der Waals surface area (Å²) in [6, 6.07) is 0. The van der Waals surface area contributed by atoms with E-state index >= 15 is 0 Å². The molecule has 0 spiro atoms. The number of carbonyl (C=O) groups excluding carboxylic acids is 1. The molecular formula is C12H21N3O2S. The van der Waals surface area contributed by atoms with E-state index in [1.165, 1.54) is 0 Å². The summed E-state index contributed by atoms with van der Waals surface area (Å²) < 4.78 is 3.86. The Hall–Kier alpha value is -1.01. The van der Waals surface area contributed by atoms with Gasteiger partial charge in [-0.25, -0.2) is 0 Å². The summed E-state index contributed by atoms with van der Waals surface area (Å²) in [5.74, 6) is -0.125. The highest BCUT2D eigenvalue weighted by atomic mass is 32.1. The molecule has 0 aliphatic heterocycles. The molecule has 0 aliphatic carbocycles. The zero-order chi connectivity index (χ0) is 13.8. The fourth-order valence-corrected chi connectivity index (χ4v) is 2.30. The van der Waals surface area contributed by atoms with Gasteiger partial charge in [0.25, 0.3) is 5.91 Å². The lowest BCUT2D eigenvalue weighted by Gasteiger charge is -2.16. The number of hydrogen-bond acceptors (Lipinski definition) is 5. The average Bonchev–Trinajstić information content (AvgIpc) is 2.72. The number of amides is 1. The molecule has 0 radical (unpaired) electrons. The molecule has 2 N–H and O–H groups in total. The Morgan fingerprint density at radius 3 is 2.72 bits per heavy atom. The van der Waals surface area contributed by atoms with E-state index in [0.29, 0.717) is 17.8 Å². The Labute approximate surface area is 112 Å². The maximum atomic E-state index is 12.0. The Kier molecular flexibility index (Phi) is 5.22. The van der Waals surface area contributed by atoms with Crippen LogP contribution in [0.4, 0.5) is 0 Å². The van der Waals surface area contributed by atoms with Gasteiger partial charge in [0.2, 0.25) is 0 Å². The molecule has 0 fully saturated rings. The number of aliphatic hydroxyl groups is 1. The smallest absolute Gasteiger partial charge is 0.264 e. The van der Waals surface area contributed by atoms with Gasteiger partial charge in [-0.2, -0.15) is 0 Å². The SMILES string of the molecule is CC(O)CCCNC(=O)c1snnc1C(C)(C)C. The minimum absolute atomic E-state index is 0.125. The van der Waals surface area contributed by atoms with E-state index in [1.54, 1.807) is 6.92 Å². The number of hydrogen-bond donors (Lipinski definition) is 2. The lowest BCUT2D eigenvalue weighted by Crippen LogP contribution is -2.27. The second-order valence-corrected chi connectivity index (χ2v) is 6.20. The molecule has 1 amide bonds. The van der Waals surface area contributed by atoms with E-state index in [9.17, 15) is 4.79 Å². The lowest BCUT2D eigenvalue weighted by molar-refractivity contribution is 0.0951. The molecule has 6 heteroatoms. The summed E-state index contributed by atoms with van der Waals surface area (Å²) in [4.78, 5) is 12.6. The van der Waals surface area contributed by atoms with Crippen LogP contribution in [0.5, 0.6) is 0 Å². The Morgan fingerprint density at radius 1 is 1.50 bits per heavy atom. The van der Waals surface area contributed by atoms with Crippen molar-refractivity contribution in [2.45, 2.75) is 52.1 Å². The summed E-state index contributed by atoms with van der Waals surface area (Å²) in [7, 11) is 0. The van der Waals surface area contributed by atoms with E-state index in [4.69, 9.17) is 5.11 Å². The zero-order valence-corrected chi connectivity index (χ0v) is 12.2. The van der Waals surface area contributed by atoms with Crippen molar-refractivity contribution in [3.05, 3.63) is 10.6 Å². The lowest BCUT2D eigenvalue weighted by atomic mass is 9.91. The minimum atomic E-state index is -0.322. The van der Waals surface area contributed by atoms with Crippen LogP contribution in [0.2, 0.25) is 0 Å². The normalized spacial score (nSPS) is 13.4. The van der Waals surface area contributed by atoms with Crippen LogP contribution in [0, 0.1) is 0 Å². The molecule has 102 valence electrons. The molecule has 5 nitrogen and oxygen atoms in total. The van der Waals surface area contributed by atoms with Gasteiger partial charge < -0.3 is 10.4 Å². The number of aliphatic hydroxyl groups excluding tert-OH is 1. The fraction of sp³-hybridized carbons (Fsp3) is 0.750. The first-order chi connectivity index (χ1) is 8.32. The highest BCUT2D eigenvalue weighted by molar-refractivity contribution is 7.08. The van der Waals surface area contributed by atoms with Crippen molar-refractivity contribution in [2.75, 3.05) is 6.54 Å². The number of nitrogens with zero attached hydrogens (tertiary/aromatic N) is 2. The minimum Gasteiger partial charge on any atom is -0.393 e. The highest BCUT2D eigenvalue weighted by Gasteiger charge is 2.25. The molecule has 1 heterocycles. The topological polar surface area (TPSA) is 75.1 Å². The molecule has 1 atom stereocenters. The molecule has 1 unspecified atom stereocenters. The largest absolute Gasteiger partial charge is 0.393 e. The first-order valence-electron chi connectivity index (χ1n) is 6.11. The third kappa shape index (κ3) is 4.34. The van der Waals surface area contributed by atoms with Gasteiger partial charge in [0, 0.05) is 12.0 Å². The summed E-state index contributed by atoms with van der Waals surface area (Å²) >= 11 is 1.13. The molecule has 0 aromatic carbocycles. The van der Waals surface area contributed by atoms with Crippen LogP contribution >= 0.6 is 11.5 Å². The summed E-state index contributed by atoms with van der Waals surface area (Å²) in [5, 5.41) is 16.0. The Bertz CT molecular complexity index is 396. The summed E-state index contributed by atoms with van der Waals surface area (Å²) in [5.41, 5.74) is 0.555. The maximum Gasteiger partial charge on any atom is 0.264 e. The molecule has 1 aromatic rings. The van der Waals surface area contributed by atoms with Crippen LogP contribution in [0.1, 0.15) is 55.9 Å². The quantitative estimate of drug-likeness (QED) is 0.800. The molecule has 18 heavy (non-hydrogen) atoms. The van der Waals surface area contributed by atoms with Crippen LogP contribution in [0.3, 0.4) is 0 Å². The monoisotopic (exact) mass is 271 g/mol. The van der Waals surface area contributed by atoms with Crippen molar-refractivity contribution in [3.8, 4) is 0 Å². The van der Waals surface area contributed by atoms with Crippen molar-refractivity contribution in [1.82, 2.24) is 14.9 Å². The van der Waals surface area contributed by atoms with E-state index in [1.807, 2.05) is 20.8 Å². The Balaban J connectivity index is 2.55. The van der Waals surface area contributed by atoms with Crippen molar-refractivity contribution < 1.29 is 9.90 Å². The first kappa shape index (κ1) is 15.0. The van der Waals surface area contributed by atoms with Crippen molar-refractivity contribution in [3.63, 3.8) is 0 Å². The predicted octanol–water partition coefficient (Wildman–Crippen LogP) is 1.73. The fourth-order valence-electron chi connectivity index (χ4n) is 1.51. The van der Waals surface area contributed by atoms with Gasteiger partial charge in [-0.05, 0) is 31.3 Å². The molecule has 0 saturated heterocycles. The summed E-state index contributed by atoms with van der Waals surface area (Å²) in [6.45, 7) is 8.33. The van der Waals surface area contributed by atoms with Crippen molar-refractivity contribution in [1.29, 1.82) is 0 Å². The molecule has 0 aliphatic rings. The van der Waals surface area contributed by atoms with Gasteiger partial charge in [0.1, 0.15) is 4.88 Å². The van der Waals surface area contributed by atoms with Gasteiger partial charge in [-0.3, -0.25) is 4.79 Å². The summed E-state index contributed by atoms with van der Waals surface area (Å²) in [6.07, 6.45) is 1.13. The average molecular weight is 271 g/mol. The van der Waals surface area contributed by atoms with Gasteiger partial charge in [0.15, 0.2) is 0 Å². The zero-order valence-electron chi connectivity index (χ0n) is 11.4. The predicted molar refractivity (Wildman–Crippen MR) is 71.9 cm³/mol. The van der Waals surface area contributed by atoms with Crippen LogP contribution in [0.15, 0.2) is 0 Å². The van der Waals surface area contributed by atoms with Crippen LogP contribution in [-0.4, -0.2) is 33.2 Å². The third-order valence-electron chi connectivity index (χ3n) is 2.49. The van der Waals surface area contributed by atoms with E-state index in [-0.39, 0.29) is 17.4 Å². The number of aromatic nitrogens is 2. The van der Waals surface area contributed by atoms with E-state index in [2.05, 4.69) is 14.9 Å².